The van der Waals surface area contributed by atoms with Crippen LogP contribution in [-0.2, 0) is 4.74 Å². The molecule has 0 fully saturated rings. The van der Waals surface area contributed by atoms with E-state index in [9.17, 15) is 14.9 Å². The lowest BCUT2D eigenvalue weighted by molar-refractivity contribution is -0.385. The smallest absolute Gasteiger partial charge is 0.359 e. The molecule has 0 radical (unpaired) electrons. The number of benzene rings is 1. The van der Waals surface area contributed by atoms with Crippen LogP contribution in [0.2, 0.25) is 0 Å². The molecule has 7 nitrogen and oxygen atoms in total. The van der Waals surface area contributed by atoms with Crippen molar-refractivity contribution in [1.29, 1.82) is 0 Å². The fourth-order valence-electron chi connectivity index (χ4n) is 2.43. The summed E-state index contributed by atoms with van der Waals surface area (Å²) in [5, 5.41) is 10.8. The summed E-state index contributed by atoms with van der Waals surface area (Å²) < 4.78 is 7.19. The van der Waals surface area contributed by atoms with Gasteiger partial charge in [-0.2, -0.15) is 0 Å². The van der Waals surface area contributed by atoms with Gasteiger partial charge in [-0.25, -0.2) is 9.78 Å². The predicted molar refractivity (Wildman–Crippen MR) is 86.9 cm³/mol. The van der Waals surface area contributed by atoms with Crippen molar-refractivity contribution in [3.05, 3.63) is 75.7 Å². The maximum Gasteiger partial charge on any atom is 0.359 e. The van der Waals surface area contributed by atoms with E-state index in [1.807, 2.05) is 19.1 Å². The molecule has 0 amide bonds. The molecule has 3 rings (SSSR count). The van der Waals surface area contributed by atoms with Gasteiger partial charge in [0, 0.05) is 24.0 Å². The Morgan fingerprint density at radius 3 is 2.75 bits per heavy atom. The van der Waals surface area contributed by atoms with Crippen LogP contribution in [0, 0.1) is 17.0 Å². The van der Waals surface area contributed by atoms with E-state index in [1.165, 1.54) is 12.1 Å². The predicted octanol–water partition coefficient (Wildman–Crippen LogP) is 3.47. The number of hydrogen-bond donors (Lipinski definition) is 0. The minimum atomic E-state index is -0.622. The van der Waals surface area contributed by atoms with Gasteiger partial charge in [-0.15, -0.1) is 0 Å². The van der Waals surface area contributed by atoms with E-state index in [-0.39, 0.29) is 11.4 Å². The number of pyridine rings is 1. The summed E-state index contributed by atoms with van der Waals surface area (Å²) >= 11 is 0. The van der Waals surface area contributed by atoms with E-state index >= 15 is 0 Å². The molecule has 2 aromatic heterocycles. The van der Waals surface area contributed by atoms with Gasteiger partial charge in [0.15, 0.2) is 5.69 Å². The fourth-order valence-corrected chi connectivity index (χ4v) is 2.43. The first-order valence-electron chi connectivity index (χ1n) is 7.36. The topological polar surface area (TPSA) is 86.7 Å². The Morgan fingerprint density at radius 2 is 2.04 bits per heavy atom. The molecule has 1 aromatic carbocycles. The van der Waals surface area contributed by atoms with Gasteiger partial charge in [-0.3, -0.25) is 10.1 Å². The van der Waals surface area contributed by atoms with Crippen molar-refractivity contribution in [3.8, 4) is 0 Å². The molecule has 0 saturated heterocycles. The van der Waals surface area contributed by atoms with E-state index in [1.54, 1.807) is 35.7 Å². The van der Waals surface area contributed by atoms with Crippen LogP contribution < -0.4 is 0 Å². The number of aromatic nitrogens is 2. The van der Waals surface area contributed by atoms with Crippen LogP contribution in [0.15, 0.2) is 48.7 Å². The number of ether oxygens (including phenoxy) is 1. The molecule has 0 saturated carbocycles. The Kier molecular flexibility index (Phi) is 3.99. The molecule has 7 heteroatoms. The third-order valence-corrected chi connectivity index (χ3v) is 3.74. The summed E-state index contributed by atoms with van der Waals surface area (Å²) in [5.74, 6) is -0.572. The highest BCUT2D eigenvalue weighted by atomic mass is 16.6. The Hall–Kier alpha value is -3.22. The number of carbonyl (C=O) groups is 1. The number of carbonyl (C=O) groups excluding carboxylic acids is 1. The average Bonchev–Trinajstić information content (AvgIpc) is 3.00. The van der Waals surface area contributed by atoms with Gasteiger partial charge in [-0.05, 0) is 31.5 Å². The molecule has 0 bridgehead atoms. The van der Waals surface area contributed by atoms with Gasteiger partial charge in [0.2, 0.25) is 0 Å². The molecule has 0 aliphatic rings. The lowest BCUT2D eigenvalue weighted by Gasteiger charge is -2.12. The minimum absolute atomic E-state index is 0.0428. The van der Waals surface area contributed by atoms with Crippen LogP contribution in [0.3, 0.4) is 0 Å². The van der Waals surface area contributed by atoms with E-state index in [4.69, 9.17) is 4.74 Å². The lowest BCUT2D eigenvalue weighted by Crippen LogP contribution is -2.09. The number of nitro groups is 1. The zero-order valence-electron chi connectivity index (χ0n) is 13.2. The summed E-state index contributed by atoms with van der Waals surface area (Å²) in [7, 11) is 0. The molecule has 0 spiro atoms. The maximum absolute atomic E-state index is 12.3. The number of nitrogens with zero attached hydrogens (tertiary/aromatic N) is 3. The van der Waals surface area contributed by atoms with Crippen molar-refractivity contribution in [2.75, 3.05) is 0 Å². The molecular weight excluding hydrogens is 310 g/mol. The van der Waals surface area contributed by atoms with Crippen molar-refractivity contribution >= 4 is 17.3 Å². The number of esters is 1. The van der Waals surface area contributed by atoms with Crippen LogP contribution >= 0.6 is 0 Å². The standard InChI is InChI=1S/C17H15N3O4/c1-11-5-3-8-16-18-15(10-19(11)16)17(21)24-12(2)13-6-4-7-14(9-13)20(22)23/h3-10,12H,1-2H3/t12-/m0/s1. The van der Waals surface area contributed by atoms with Gasteiger partial charge < -0.3 is 9.14 Å². The number of imidazole rings is 1. The number of nitro benzene ring substituents is 1. The summed E-state index contributed by atoms with van der Waals surface area (Å²) in [6, 6.07) is 11.6. The van der Waals surface area contributed by atoms with Gasteiger partial charge in [0.25, 0.3) is 5.69 Å². The average molecular weight is 325 g/mol. The molecular formula is C17H15N3O4. The van der Waals surface area contributed by atoms with E-state index in [0.29, 0.717) is 11.2 Å². The van der Waals surface area contributed by atoms with Crippen LogP contribution in [0.25, 0.3) is 5.65 Å². The number of aryl methyl sites for hydroxylation is 1. The molecule has 1 atom stereocenters. The molecule has 24 heavy (non-hydrogen) atoms. The second kappa shape index (κ2) is 6.11. The molecule has 122 valence electrons. The Morgan fingerprint density at radius 1 is 1.29 bits per heavy atom. The van der Waals surface area contributed by atoms with Crippen molar-refractivity contribution in [2.45, 2.75) is 20.0 Å². The molecule has 3 aromatic rings. The first-order valence-corrected chi connectivity index (χ1v) is 7.36. The highest BCUT2D eigenvalue weighted by Gasteiger charge is 2.18. The van der Waals surface area contributed by atoms with Gasteiger partial charge in [0.1, 0.15) is 11.8 Å². The van der Waals surface area contributed by atoms with Crippen molar-refractivity contribution in [2.24, 2.45) is 0 Å². The first-order chi connectivity index (χ1) is 11.5. The van der Waals surface area contributed by atoms with Crippen LogP contribution in [0.5, 0.6) is 0 Å². The lowest BCUT2D eigenvalue weighted by atomic mass is 10.1. The molecule has 0 aliphatic heterocycles. The largest absolute Gasteiger partial charge is 0.453 e. The molecule has 0 unspecified atom stereocenters. The van der Waals surface area contributed by atoms with Gasteiger partial charge in [0.05, 0.1) is 4.92 Å². The van der Waals surface area contributed by atoms with Crippen LogP contribution in [0.4, 0.5) is 5.69 Å². The number of hydrogen-bond acceptors (Lipinski definition) is 5. The summed E-state index contributed by atoms with van der Waals surface area (Å²) in [6.45, 7) is 3.58. The zero-order chi connectivity index (χ0) is 17.3. The molecule has 0 aliphatic carbocycles. The van der Waals surface area contributed by atoms with Crippen LogP contribution in [0.1, 0.15) is 34.8 Å². The second-order valence-corrected chi connectivity index (χ2v) is 5.42. The van der Waals surface area contributed by atoms with E-state index in [2.05, 4.69) is 4.98 Å². The third kappa shape index (κ3) is 2.96. The summed E-state index contributed by atoms with van der Waals surface area (Å²) in [4.78, 5) is 26.9. The molecule has 2 heterocycles. The van der Waals surface area contributed by atoms with Crippen molar-refractivity contribution in [1.82, 2.24) is 9.38 Å². The number of rotatable bonds is 4. The zero-order valence-corrected chi connectivity index (χ0v) is 13.2. The molecule has 0 N–H and O–H groups in total. The first kappa shape index (κ1) is 15.7. The van der Waals surface area contributed by atoms with Crippen molar-refractivity contribution in [3.63, 3.8) is 0 Å². The minimum Gasteiger partial charge on any atom is -0.453 e. The Bertz CT molecular complexity index is 932. The van der Waals surface area contributed by atoms with Crippen molar-refractivity contribution < 1.29 is 14.5 Å². The fraction of sp³-hybridized carbons (Fsp3) is 0.176. The van der Waals surface area contributed by atoms with Gasteiger partial charge >= 0.3 is 5.97 Å². The summed E-state index contributed by atoms with van der Waals surface area (Å²) in [5.41, 5.74) is 2.31. The summed E-state index contributed by atoms with van der Waals surface area (Å²) in [6.07, 6.45) is 0.996. The quantitative estimate of drug-likeness (QED) is 0.416. The maximum atomic E-state index is 12.3. The number of non-ortho nitro benzene ring substituents is 1. The van der Waals surface area contributed by atoms with E-state index < -0.39 is 17.0 Å². The van der Waals surface area contributed by atoms with Gasteiger partial charge in [-0.1, -0.05) is 18.2 Å². The monoisotopic (exact) mass is 325 g/mol. The highest BCUT2D eigenvalue weighted by molar-refractivity contribution is 5.88. The highest BCUT2D eigenvalue weighted by Crippen LogP contribution is 2.23. The normalized spacial score (nSPS) is 12.1. The van der Waals surface area contributed by atoms with Crippen LogP contribution in [-0.4, -0.2) is 20.3 Å². The second-order valence-electron chi connectivity index (χ2n) is 5.42. The third-order valence-electron chi connectivity index (χ3n) is 3.74. The Balaban J connectivity index is 1.81. The SMILES string of the molecule is Cc1cccc2nc(C(=O)O[C@@H](C)c3cccc([N+](=O)[O-])c3)cn12. The Labute approximate surface area is 137 Å². The van der Waals surface area contributed by atoms with E-state index in [0.717, 1.165) is 5.69 Å². The number of fused-ring (bicyclic) bond motifs is 1.